The molecule has 1 heterocycles. The number of hydrogen-bond acceptors (Lipinski definition) is 4. The molecule has 0 atom stereocenters. The molecular weight excluding hydrogens is 234 g/mol. The molecule has 6 heteroatoms. The summed E-state index contributed by atoms with van der Waals surface area (Å²) in [5.74, 6) is -0.0191. The first kappa shape index (κ1) is 14.7. The van der Waals surface area contributed by atoms with Gasteiger partial charge in [0, 0.05) is 39.6 Å². The lowest BCUT2D eigenvalue weighted by Crippen LogP contribution is -2.35. The van der Waals surface area contributed by atoms with E-state index >= 15 is 0 Å². The quantitative estimate of drug-likeness (QED) is 0.699. The van der Waals surface area contributed by atoms with E-state index in [0.717, 1.165) is 12.1 Å². The number of methoxy groups -OCH3 is 2. The summed E-state index contributed by atoms with van der Waals surface area (Å²) in [7, 11) is 3.28. The highest BCUT2D eigenvalue weighted by molar-refractivity contribution is 5.95. The Balaban J connectivity index is 2.63. The molecule has 18 heavy (non-hydrogen) atoms. The SMILES string of the molecule is COCCCN(CCOC)C(=O)c1cn[nH]c1C. The molecule has 0 saturated carbocycles. The predicted molar refractivity (Wildman–Crippen MR) is 67.6 cm³/mol. The average Bonchev–Trinajstić information content (AvgIpc) is 2.79. The van der Waals surface area contributed by atoms with Crippen molar-refractivity contribution in [2.45, 2.75) is 13.3 Å². The van der Waals surface area contributed by atoms with Gasteiger partial charge in [-0.1, -0.05) is 0 Å². The molecule has 0 aliphatic rings. The van der Waals surface area contributed by atoms with Crippen LogP contribution in [-0.2, 0) is 9.47 Å². The van der Waals surface area contributed by atoms with Crippen molar-refractivity contribution in [3.8, 4) is 0 Å². The minimum absolute atomic E-state index is 0.0191. The Bertz CT molecular complexity index is 365. The van der Waals surface area contributed by atoms with Gasteiger partial charge >= 0.3 is 0 Å². The van der Waals surface area contributed by atoms with Gasteiger partial charge in [-0.05, 0) is 13.3 Å². The Kier molecular flexibility index (Phi) is 6.38. The Morgan fingerprint density at radius 3 is 2.61 bits per heavy atom. The van der Waals surface area contributed by atoms with Crippen molar-refractivity contribution >= 4 is 5.91 Å². The number of aryl methyl sites for hydroxylation is 1. The zero-order valence-electron chi connectivity index (χ0n) is 11.2. The van der Waals surface area contributed by atoms with Crippen LogP contribution in [0.5, 0.6) is 0 Å². The molecule has 0 aliphatic carbocycles. The number of amides is 1. The highest BCUT2D eigenvalue weighted by Gasteiger charge is 2.18. The van der Waals surface area contributed by atoms with E-state index in [-0.39, 0.29) is 5.91 Å². The number of aromatic amines is 1. The van der Waals surface area contributed by atoms with Gasteiger partial charge < -0.3 is 14.4 Å². The smallest absolute Gasteiger partial charge is 0.257 e. The fourth-order valence-corrected chi connectivity index (χ4v) is 1.65. The van der Waals surface area contributed by atoms with Crippen LogP contribution in [0.25, 0.3) is 0 Å². The van der Waals surface area contributed by atoms with Crippen LogP contribution < -0.4 is 0 Å². The fraction of sp³-hybridized carbons (Fsp3) is 0.667. The maximum Gasteiger partial charge on any atom is 0.257 e. The number of carbonyl (C=O) groups is 1. The van der Waals surface area contributed by atoms with Crippen LogP contribution in [0.15, 0.2) is 6.20 Å². The second kappa shape index (κ2) is 7.84. The minimum atomic E-state index is -0.0191. The lowest BCUT2D eigenvalue weighted by Gasteiger charge is -2.22. The summed E-state index contributed by atoms with van der Waals surface area (Å²) in [6, 6.07) is 0. The standard InChI is InChI=1S/C12H21N3O3/c1-10-11(9-13-14-10)12(16)15(6-8-18-3)5-4-7-17-2/h9H,4-8H2,1-3H3,(H,13,14). The molecule has 0 spiro atoms. The van der Waals surface area contributed by atoms with Gasteiger partial charge in [0.05, 0.1) is 18.4 Å². The van der Waals surface area contributed by atoms with Crippen LogP contribution in [0, 0.1) is 6.92 Å². The third kappa shape index (κ3) is 4.12. The molecule has 0 aliphatic heterocycles. The normalized spacial score (nSPS) is 10.6. The van der Waals surface area contributed by atoms with E-state index in [4.69, 9.17) is 9.47 Å². The molecule has 0 unspecified atom stereocenters. The second-order valence-corrected chi connectivity index (χ2v) is 4.04. The number of aromatic nitrogens is 2. The van der Waals surface area contributed by atoms with Gasteiger partial charge in [0.2, 0.25) is 0 Å². The van der Waals surface area contributed by atoms with Crippen molar-refractivity contribution in [2.75, 3.05) is 40.5 Å². The van der Waals surface area contributed by atoms with Gasteiger partial charge in [-0.25, -0.2) is 0 Å². The average molecular weight is 255 g/mol. The van der Waals surface area contributed by atoms with E-state index in [9.17, 15) is 4.79 Å². The lowest BCUT2D eigenvalue weighted by atomic mass is 10.2. The third-order valence-corrected chi connectivity index (χ3v) is 2.69. The molecule has 0 bridgehead atoms. The maximum atomic E-state index is 12.3. The topological polar surface area (TPSA) is 67.5 Å². The molecule has 1 aromatic heterocycles. The molecule has 0 radical (unpaired) electrons. The molecule has 6 nitrogen and oxygen atoms in total. The van der Waals surface area contributed by atoms with Crippen LogP contribution in [-0.4, -0.2) is 61.5 Å². The van der Waals surface area contributed by atoms with E-state index in [1.165, 1.54) is 0 Å². The Morgan fingerprint density at radius 2 is 2.06 bits per heavy atom. The van der Waals surface area contributed by atoms with Crippen molar-refractivity contribution in [3.63, 3.8) is 0 Å². The summed E-state index contributed by atoms with van der Waals surface area (Å²) in [6.07, 6.45) is 2.37. The third-order valence-electron chi connectivity index (χ3n) is 2.69. The number of ether oxygens (including phenoxy) is 2. The van der Waals surface area contributed by atoms with Gasteiger partial charge in [0.1, 0.15) is 0 Å². The van der Waals surface area contributed by atoms with Gasteiger partial charge in [0.15, 0.2) is 0 Å². The summed E-state index contributed by atoms with van der Waals surface area (Å²) < 4.78 is 10.0. The first-order chi connectivity index (χ1) is 8.70. The van der Waals surface area contributed by atoms with E-state index in [1.807, 2.05) is 6.92 Å². The van der Waals surface area contributed by atoms with E-state index in [2.05, 4.69) is 10.2 Å². The summed E-state index contributed by atoms with van der Waals surface area (Å²) in [4.78, 5) is 14.1. The second-order valence-electron chi connectivity index (χ2n) is 4.04. The van der Waals surface area contributed by atoms with Crippen molar-refractivity contribution in [3.05, 3.63) is 17.5 Å². The molecule has 0 aromatic carbocycles. The zero-order chi connectivity index (χ0) is 13.4. The van der Waals surface area contributed by atoms with Crippen molar-refractivity contribution in [1.82, 2.24) is 15.1 Å². The predicted octanol–water partition coefficient (Wildman–Crippen LogP) is 0.843. The van der Waals surface area contributed by atoms with Crippen LogP contribution >= 0.6 is 0 Å². The largest absolute Gasteiger partial charge is 0.385 e. The molecule has 0 saturated heterocycles. The first-order valence-electron chi connectivity index (χ1n) is 5.97. The van der Waals surface area contributed by atoms with Gasteiger partial charge in [-0.15, -0.1) is 0 Å². The van der Waals surface area contributed by atoms with Crippen molar-refractivity contribution in [2.24, 2.45) is 0 Å². The van der Waals surface area contributed by atoms with Crippen LogP contribution in [0.2, 0.25) is 0 Å². The number of carbonyl (C=O) groups excluding carboxylic acids is 1. The summed E-state index contributed by atoms with van der Waals surface area (Å²) in [6.45, 7) is 4.23. The number of nitrogens with zero attached hydrogens (tertiary/aromatic N) is 2. The molecule has 102 valence electrons. The van der Waals surface area contributed by atoms with Crippen LogP contribution in [0.3, 0.4) is 0 Å². The highest BCUT2D eigenvalue weighted by atomic mass is 16.5. The van der Waals surface area contributed by atoms with E-state index in [0.29, 0.717) is 31.9 Å². The first-order valence-corrected chi connectivity index (χ1v) is 5.97. The van der Waals surface area contributed by atoms with Gasteiger partial charge in [-0.2, -0.15) is 5.10 Å². The summed E-state index contributed by atoms with van der Waals surface area (Å²) >= 11 is 0. The molecular formula is C12H21N3O3. The number of hydrogen-bond donors (Lipinski definition) is 1. The molecule has 0 fully saturated rings. The van der Waals surface area contributed by atoms with E-state index in [1.54, 1.807) is 25.3 Å². The Labute approximate surface area is 107 Å². The molecule has 1 aromatic rings. The van der Waals surface area contributed by atoms with Crippen LogP contribution in [0.4, 0.5) is 0 Å². The number of rotatable bonds is 8. The molecule has 1 N–H and O–H groups in total. The number of nitrogens with one attached hydrogen (secondary N) is 1. The minimum Gasteiger partial charge on any atom is -0.385 e. The number of H-pyrrole nitrogens is 1. The summed E-state index contributed by atoms with van der Waals surface area (Å²) in [5.41, 5.74) is 1.40. The van der Waals surface area contributed by atoms with Gasteiger partial charge in [0.25, 0.3) is 5.91 Å². The molecule has 1 amide bonds. The maximum absolute atomic E-state index is 12.3. The monoisotopic (exact) mass is 255 g/mol. The molecule has 1 rings (SSSR count). The van der Waals surface area contributed by atoms with E-state index < -0.39 is 0 Å². The summed E-state index contributed by atoms with van der Waals surface area (Å²) in [5, 5.41) is 6.65. The fourth-order valence-electron chi connectivity index (χ4n) is 1.65. The Hall–Kier alpha value is -1.40. The van der Waals surface area contributed by atoms with Gasteiger partial charge in [-0.3, -0.25) is 9.89 Å². The zero-order valence-corrected chi connectivity index (χ0v) is 11.2. The van der Waals surface area contributed by atoms with Crippen LogP contribution in [0.1, 0.15) is 22.5 Å². The van der Waals surface area contributed by atoms with Crippen molar-refractivity contribution < 1.29 is 14.3 Å². The highest BCUT2D eigenvalue weighted by Crippen LogP contribution is 2.08. The lowest BCUT2D eigenvalue weighted by molar-refractivity contribution is 0.0673. The Morgan fingerprint density at radius 1 is 1.33 bits per heavy atom. The van der Waals surface area contributed by atoms with Crippen molar-refractivity contribution in [1.29, 1.82) is 0 Å².